The van der Waals surface area contributed by atoms with Crippen LogP contribution in [0.25, 0.3) is 22.8 Å². The van der Waals surface area contributed by atoms with Gasteiger partial charge >= 0.3 is 0 Å². The van der Waals surface area contributed by atoms with Gasteiger partial charge in [-0.05, 0) is 30.8 Å². The maximum absolute atomic E-state index is 9.93. The first-order chi connectivity index (χ1) is 15.2. The molecule has 1 aromatic heterocycles. The van der Waals surface area contributed by atoms with E-state index in [0.29, 0.717) is 30.8 Å². The Morgan fingerprint density at radius 2 is 1.65 bits per heavy atom. The van der Waals surface area contributed by atoms with Crippen LogP contribution in [0, 0.1) is 0 Å². The van der Waals surface area contributed by atoms with Crippen LogP contribution >= 0.6 is 0 Å². The average Bonchev–Trinajstić information content (AvgIpc) is 2.82. The van der Waals surface area contributed by atoms with Gasteiger partial charge in [0.25, 0.3) is 0 Å². The zero-order valence-electron chi connectivity index (χ0n) is 17.7. The molecule has 0 saturated carbocycles. The molecule has 0 aliphatic carbocycles. The van der Waals surface area contributed by atoms with E-state index in [1.165, 1.54) is 5.56 Å². The van der Waals surface area contributed by atoms with Crippen LogP contribution in [-0.4, -0.2) is 66.5 Å². The molecule has 2 aromatic carbocycles. The van der Waals surface area contributed by atoms with Crippen molar-refractivity contribution in [1.29, 1.82) is 0 Å². The number of rotatable bonds is 8. The Morgan fingerprint density at radius 1 is 0.935 bits per heavy atom. The SMILES string of the molecule is CNCCNCc1cccc(-c2nc(-c3cccc(O)c3)nc(N3CCOCC3)n2)c1. The smallest absolute Gasteiger partial charge is 0.229 e. The summed E-state index contributed by atoms with van der Waals surface area (Å²) in [6, 6.07) is 15.2. The number of aromatic hydroxyl groups is 1. The second kappa shape index (κ2) is 10.3. The molecule has 3 aromatic rings. The molecule has 1 aliphatic rings. The summed E-state index contributed by atoms with van der Waals surface area (Å²) in [5.41, 5.74) is 2.86. The lowest BCUT2D eigenvalue weighted by atomic mass is 10.1. The largest absolute Gasteiger partial charge is 0.508 e. The Bertz CT molecular complexity index is 1010. The van der Waals surface area contributed by atoms with E-state index in [4.69, 9.17) is 19.7 Å². The molecular formula is C23H28N6O2. The van der Waals surface area contributed by atoms with Crippen molar-refractivity contribution in [2.24, 2.45) is 0 Å². The van der Waals surface area contributed by atoms with Gasteiger partial charge < -0.3 is 25.4 Å². The van der Waals surface area contributed by atoms with Crippen molar-refractivity contribution in [2.75, 3.05) is 51.3 Å². The van der Waals surface area contributed by atoms with Gasteiger partial charge in [0, 0.05) is 43.9 Å². The number of morpholine rings is 1. The number of phenols is 1. The number of hydrogen-bond acceptors (Lipinski definition) is 8. The van der Waals surface area contributed by atoms with Crippen LogP contribution in [0.3, 0.4) is 0 Å². The highest BCUT2D eigenvalue weighted by Crippen LogP contribution is 2.26. The van der Waals surface area contributed by atoms with Crippen molar-refractivity contribution >= 4 is 5.95 Å². The Balaban J connectivity index is 1.68. The monoisotopic (exact) mass is 420 g/mol. The summed E-state index contributed by atoms with van der Waals surface area (Å²) in [6.07, 6.45) is 0. The van der Waals surface area contributed by atoms with E-state index in [-0.39, 0.29) is 5.75 Å². The van der Waals surface area contributed by atoms with Gasteiger partial charge in [-0.2, -0.15) is 9.97 Å². The van der Waals surface area contributed by atoms with Gasteiger partial charge in [-0.3, -0.25) is 0 Å². The predicted molar refractivity (Wildman–Crippen MR) is 121 cm³/mol. The third kappa shape index (κ3) is 5.55. The average molecular weight is 421 g/mol. The van der Waals surface area contributed by atoms with Crippen molar-refractivity contribution in [2.45, 2.75) is 6.54 Å². The molecule has 3 N–H and O–H groups in total. The van der Waals surface area contributed by atoms with Crippen molar-refractivity contribution in [3.63, 3.8) is 0 Å². The third-order valence-corrected chi connectivity index (χ3v) is 5.09. The van der Waals surface area contributed by atoms with Gasteiger partial charge in [0.05, 0.1) is 13.2 Å². The van der Waals surface area contributed by atoms with Crippen LogP contribution in [0.2, 0.25) is 0 Å². The second-order valence-corrected chi connectivity index (χ2v) is 7.41. The highest BCUT2D eigenvalue weighted by molar-refractivity contribution is 5.64. The van der Waals surface area contributed by atoms with Gasteiger partial charge in [-0.15, -0.1) is 0 Å². The molecule has 0 spiro atoms. The molecule has 0 atom stereocenters. The molecule has 0 bridgehead atoms. The van der Waals surface area contributed by atoms with E-state index in [2.05, 4.69) is 27.7 Å². The minimum atomic E-state index is 0.182. The summed E-state index contributed by atoms with van der Waals surface area (Å²) in [7, 11) is 1.94. The molecule has 31 heavy (non-hydrogen) atoms. The Kier molecular flexibility index (Phi) is 7.03. The van der Waals surface area contributed by atoms with Gasteiger partial charge in [0.1, 0.15) is 5.75 Å². The van der Waals surface area contributed by atoms with Crippen molar-refractivity contribution in [1.82, 2.24) is 25.6 Å². The van der Waals surface area contributed by atoms with Crippen molar-refractivity contribution < 1.29 is 9.84 Å². The van der Waals surface area contributed by atoms with E-state index in [9.17, 15) is 5.11 Å². The lowest BCUT2D eigenvalue weighted by molar-refractivity contribution is 0.122. The topological polar surface area (TPSA) is 95.4 Å². The fourth-order valence-corrected chi connectivity index (χ4v) is 3.44. The number of benzene rings is 2. The molecule has 1 saturated heterocycles. The number of anilines is 1. The molecule has 2 heterocycles. The highest BCUT2D eigenvalue weighted by atomic mass is 16.5. The van der Waals surface area contributed by atoms with Gasteiger partial charge in [-0.1, -0.05) is 30.3 Å². The van der Waals surface area contributed by atoms with Crippen LogP contribution in [-0.2, 0) is 11.3 Å². The van der Waals surface area contributed by atoms with Crippen LogP contribution in [0.1, 0.15) is 5.56 Å². The third-order valence-electron chi connectivity index (χ3n) is 5.09. The molecule has 0 amide bonds. The minimum absolute atomic E-state index is 0.182. The van der Waals surface area contributed by atoms with E-state index in [1.54, 1.807) is 18.2 Å². The fraction of sp³-hybridized carbons (Fsp3) is 0.348. The van der Waals surface area contributed by atoms with Crippen LogP contribution in [0.15, 0.2) is 48.5 Å². The summed E-state index contributed by atoms with van der Waals surface area (Å²) < 4.78 is 5.48. The molecule has 1 aliphatic heterocycles. The molecule has 162 valence electrons. The first-order valence-corrected chi connectivity index (χ1v) is 10.6. The normalized spacial score (nSPS) is 14.0. The van der Waals surface area contributed by atoms with Gasteiger partial charge in [0.15, 0.2) is 11.6 Å². The summed E-state index contributed by atoms with van der Waals surface area (Å²) in [5.74, 6) is 1.97. The van der Waals surface area contributed by atoms with Crippen LogP contribution in [0.5, 0.6) is 5.75 Å². The lowest BCUT2D eigenvalue weighted by Gasteiger charge is -2.27. The van der Waals surface area contributed by atoms with E-state index >= 15 is 0 Å². The second-order valence-electron chi connectivity index (χ2n) is 7.41. The van der Waals surface area contributed by atoms with Crippen molar-refractivity contribution in [3.8, 4) is 28.5 Å². The number of likely N-dealkylation sites (N-methyl/N-ethyl adjacent to an activating group) is 1. The maximum Gasteiger partial charge on any atom is 0.229 e. The van der Waals surface area contributed by atoms with Gasteiger partial charge in [-0.25, -0.2) is 4.98 Å². The first kappa shape index (κ1) is 21.2. The molecule has 8 nitrogen and oxygen atoms in total. The quantitative estimate of drug-likeness (QED) is 0.477. The van der Waals surface area contributed by atoms with Crippen LogP contribution < -0.4 is 15.5 Å². The predicted octanol–water partition coefficient (Wildman–Crippen LogP) is 2.06. The molecule has 0 radical (unpaired) electrons. The number of aromatic nitrogens is 3. The number of phenolic OH excluding ortho intramolecular Hbond substituents is 1. The number of nitrogens with one attached hydrogen (secondary N) is 2. The number of nitrogens with zero attached hydrogens (tertiary/aromatic N) is 4. The Hall–Kier alpha value is -3.07. The standard InChI is InChI=1S/C23H28N6O2/c1-24-8-9-25-16-17-4-2-5-18(14-17)21-26-22(19-6-3-7-20(30)15-19)28-23(27-21)29-10-12-31-13-11-29/h2-7,14-15,24-25,30H,8-13,16H2,1H3. The maximum atomic E-state index is 9.93. The molecule has 0 unspecified atom stereocenters. The zero-order valence-corrected chi connectivity index (χ0v) is 17.7. The molecule has 4 rings (SSSR count). The van der Waals surface area contributed by atoms with Crippen LogP contribution in [0.4, 0.5) is 5.95 Å². The number of ether oxygens (including phenoxy) is 1. The zero-order chi connectivity index (χ0) is 21.5. The molecular weight excluding hydrogens is 392 g/mol. The Morgan fingerprint density at radius 3 is 2.35 bits per heavy atom. The molecule has 1 fully saturated rings. The van der Waals surface area contributed by atoms with Crippen molar-refractivity contribution in [3.05, 3.63) is 54.1 Å². The lowest BCUT2D eigenvalue weighted by Crippen LogP contribution is -2.37. The highest BCUT2D eigenvalue weighted by Gasteiger charge is 2.18. The van der Waals surface area contributed by atoms with E-state index in [0.717, 1.165) is 43.9 Å². The fourth-order valence-electron chi connectivity index (χ4n) is 3.44. The minimum Gasteiger partial charge on any atom is -0.508 e. The first-order valence-electron chi connectivity index (χ1n) is 10.6. The number of hydrogen-bond donors (Lipinski definition) is 3. The van der Waals surface area contributed by atoms with Gasteiger partial charge in [0.2, 0.25) is 5.95 Å². The Labute approximate surface area is 182 Å². The summed E-state index contributed by atoms with van der Waals surface area (Å²) in [4.78, 5) is 16.3. The summed E-state index contributed by atoms with van der Waals surface area (Å²) in [6.45, 7) is 5.36. The summed E-state index contributed by atoms with van der Waals surface area (Å²) in [5, 5.41) is 16.5. The van der Waals surface area contributed by atoms with E-state index in [1.807, 2.05) is 25.2 Å². The van der Waals surface area contributed by atoms with E-state index < -0.39 is 0 Å². The molecule has 8 heteroatoms. The summed E-state index contributed by atoms with van der Waals surface area (Å²) >= 11 is 0.